The van der Waals surface area contributed by atoms with Crippen molar-refractivity contribution in [1.82, 2.24) is 0 Å². The molecule has 0 amide bonds. The Bertz CT molecular complexity index is 494. The first-order chi connectivity index (χ1) is 12.6. The van der Waals surface area contributed by atoms with E-state index in [4.69, 9.17) is 23.7 Å². The van der Waals surface area contributed by atoms with Crippen molar-refractivity contribution < 1.29 is 28.8 Å². The minimum atomic E-state index is -1.11. The molecule has 0 aromatic rings. The van der Waals surface area contributed by atoms with Crippen LogP contribution in [0.1, 0.15) is 77.0 Å². The van der Waals surface area contributed by atoms with Crippen molar-refractivity contribution in [2.24, 2.45) is 0 Å². The third-order valence-corrected chi connectivity index (χ3v) is 6.96. The van der Waals surface area contributed by atoms with Crippen molar-refractivity contribution in [3.8, 4) is 0 Å². The Morgan fingerprint density at radius 1 is 0.692 bits per heavy atom. The van der Waals surface area contributed by atoms with Crippen molar-refractivity contribution in [3.63, 3.8) is 0 Å². The predicted molar refractivity (Wildman–Crippen MR) is 92.3 cm³/mol. The van der Waals surface area contributed by atoms with Gasteiger partial charge in [-0.1, -0.05) is 25.7 Å². The molecule has 3 spiro atoms. The number of hydrogen-bond acceptors (Lipinski definition) is 6. The summed E-state index contributed by atoms with van der Waals surface area (Å²) >= 11 is 0. The molecule has 148 valence electrons. The summed E-state index contributed by atoms with van der Waals surface area (Å²) in [5.74, 6) is -2.24. The molecular formula is C20H32O6. The van der Waals surface area contributed by atoms with Crippen molar-refractivity contribution in [2.75, 3.05) is 13.2 Å². The van der Waals surface area contributed by atoms with E-state index in [1.54, 1.807) is 0 Å². The van der Waals surface area contributed by atoms with Crippen LogP contribution in [0.3, 0.4) is 0 Å². The van der Waals surface area contributed by atoms with Gasteiger partial charge in [0, 0.05) is 25.7 Å². The molecule has 3 aliphatic heterocycles. The van der Waals surface area contributed by atoms with E-state index in [1.807, 2.05) is 0 Å². The van der Waals surface area contributed by atoms with Crippen molar-refractivity contribution in [1.29, 1.82) is 0 Å². The van der Waals surface area contributed by atoms with Gasteiger partial charge < -0.3 is 28.8 Å². The first-order valence-electron chi connectivity index (χ1n) is 10.7. The lowest BCUT2D eigenvalue weighted by Crippen LogP contribution is -2.61. The molecule has 5 rings (SSSR count). The molecule has 0 bridgehead atoms. The molecule has 0 unspecified atom stereocenters. The average molecular weight is 368 g/mol. The second-order valence-electron chi connectivity index (χ2n) is 8.85. The maximum atomic E-state index is 11.2. The van der Waals surface area contributed by atoms with Crippen molar-refractivity contribution in [3.05, 3.63) is 0 Å². The quantitative estimate of drug-likeness (QED) is 0.709. The standard InChI is InChI=1S/C20H32O6/c21-17-16-15(24-19(25-16)11-7-3-4-8-12-19)13-22-20(17)14-23-18(26-20)9-5-1-2-6-10-18/h15-17,21H,1-14H2/t15-,16-,17+,20+/m1/s1. The topological polar surface area (TPSA) is 66.4 Å². The van der Waals surface area contributed by atoms with Crippen LogP contribution in [0.4, 0.5) is 0 Å². The summed E-state index contributed by atoms with van der Waals surface area (Å²) in [4.78, 5) is 0. The van der Waals surface area contributed by atoms with Gasteiger partial charge in [-0.05, 0) is 25.7 Å². The number of rotatable bonds is 0. The van der Waals surface area contributed by atoms with Gasteiger partial charge in [0.1, 0.15) is 24.9 Å². The zero-order valence-electron chi connectivity index (χ0n) is 15.6. The van der Waals surface area contributed by atoms with Crippen LogP contribution < -0.4 is 0 Å². The van der Waals surface area contributed by atoms with E-state index in [9.17, 15) is 5.11 Å². The molecule has 3 saturated heterocycles. The Hall–Kier alpha value is -0.240. The van der Waals surface area contributed by atoms with Crippen LogP contribution in [0.5, 0.6) is 0 Å². The van der Waals surface area contributed by atoms with E-state index < -0.39 is 29.6 Å². The summed E-state index contributed by atoms with van der Waals surface area (Å²) < 4.78 is 31.3. The first kappa shape index (κ1) is 17.8. The van der Waals surface area contributed by atoms with Gasteiger partial charge in [0.2, 0.25) is 5.79 Å². The summed E-state index contributed by atoms with van der Waals surface area (Å²) in [6, 6.07) is 0. The van der Waals surface area contributed by atoms with Gasteiger partial charge in [0.15, 0.2) is 11.6 Å². The number of ether oxygens (including phenoxy) is 5. The number of hydrogen-bond donors (Lipinski definition) is 1. The highest BCUT2D eigenvalue weighted by Crippen LogP contribution is 2.49. The second kappa shape index (κ2) is 6.68. The van der Waals surface area contributed by atoms with E-state index >= 15 is 0 Å². The largest absolute Gasteiger partial charge is 0.385 e. The number of aliphatic hydroxyl groups is 1. The third-order valence-electron chi connectivity index (χ3n) is 6.96. The normalized spacial score (nSPS) is 44.9. The van der Waals surface area contributed by atoms with Crippen LogP contribution in [-0.4, -0.2) is 54.0 Å². The fraction of sp³-hybridized carbons (Fsp3) is 1.00. The van der Waals surface area contributed by atoms with Crippen LogP contribution >= 0.6 is 0 Å². The van der Waals surface area contributed by atoms with E-state index in [2.05, 4.69) is 0 Å². The molecule has 6 nitrogen and oxygen atoms in total. The molecule has 0 aromatic carbocycles. The Balaban J connectivity index is 1.33. The highest BCUT2D eigenvalue weighted by molar-refractivity contribution is 5.03. The van der Waals surface area contributed by atoms with E-state index in [0.717, 1.165) is 51.4 Å². The molecule has 0 radical (unpaired) electrons. The van der Waals surface area contributed by atoms with E-state index in [-0.39, 0.29) is 12.7 Å². The van der Waals surface area contributed by atoms with E-state index in [1.165, 1.54) is 25.7 Å². The molecule has 4 atom stereocenters. The smallest absolute Gasteiger partial charge is 0.224 e. The third kappa shape index (κ3) is 2.93. The molecule has 2 aliphatic carbocycles. The zero-order chi connectivity index (χ0) is 17.7. The molecule has 1 N–H and O–H groups in total. The summed E-state index contributed by atoms with van der Waals surface area (Å²) in [5, 5.41) is 11.2. The van der Waals surface area contributed by atoms with Gasteiger partial charge in [-0.2, -0.15) is 0 Å². The lowest BCUT2D eigenvalue weighted by Gasteiger charge is -2.42. The van der Waals surface area contributed by atoms with E-state index in [0.29, 0.717) is 6.61 Å². The molecule has 0 aromatic heterocycles. The van der Waals surface area contributed by atoms with Crippen molar-refractivity contribution in [2.45, 2.75) is 113 Å². The second-order valence-corrected chi connectivity index (χ2v) is 8.85. The fourth-order valence-electron chi connectivity index (χ4n) is 5.49. The molecule has 26 heavy (non-hydrogen) atoms. The van der Waals surface area contributed by atoms with Crippen LogP contribution in [0.15, 0.2) is 0 Å². The van der Waals surface area contributed by atoms with Crippen LogP contribution in [0, 0.1) is 0 Å². The van der Waals surface area contributed by atoms with Gasteiger partial charge >= 0.3 is 0 Å². The Labute approximate surface area is 155 Å². The fourth-order valence-corrected chi connectivity index (χ4v) is 5.49. The number of aliphatic hydroxyl groups excluding tert-OH is 1. The summed E-state index contributed by atoms with van der Waals surface area (Å²) in [5.41, 5.74) is 0. The maximum Gasteiger partial charge on any atom is 0.224 e. The van der Waals surface area contributed by atoms with Crippen LogP contribution in [0.25, 0.3) is 0 Å². The predicted octanol–water partition coefficient (Wildman–Crippen LogP) is 3.01. The van der Waals surface area contributed by atoms with Crippen LogP contribution in [0.2, 0.25) is 0 Å². The van der Waals surface area contributed by atoms with Gasteiger partial charge in [0.05, 0.1) is 6.61 Å². The summed E-state index contributed by atoms with van der Waals surface area (Å²) in [7, 11) is 0. The average Bonchev–Trinajstić information content (AvgIpc) is 2.96. The van der Waals surface area contributed by atoms with Gasteiger partial charge in [-0.25, -0.2) is 0 Å². The minimum Gasteiger partial charge on any atom is -0.385 e. The zero-order valence-corrected chi connectivity index (χ0v) is 15.6. The minimum absolute atomic E-state index is 0.219. The monoisotopic (exact) mass is 368 g/mol. The Kier molecular flexibility index (Phi) is 4.58. The number of fused-ring (bicyclic) bond motifs is 1. The Morgan fingerprint density at radius 2 is 1.31 bits per heavy atom. The first-order valence-corrected chi connectivity index (χ1v) is 10.7. The van der Waals surface area contributed by atoms with Crippen LogP contribution in [-0.2, 0) is 23.7 Å². The van der Waals surface area contributed by atoms with Gasteiger partial charge in [0.25, 0.3) is 0 Å². The summed E-state index contributed by atoms with van der Waals surface area (Å²) in [6.07, 6.45) is 11.4. The highest BCUT2D eigenvalue weighted by atomic mass is 16.9. The lowest BCUT2D eigenvalue weighted by molar-refractivity contribution is -0.334. The highest BCUT2D eigenvalue weighted by Gasteiger charge is 2.64. The van der Waals surface area contributed by atoms with Gasteiger partial charge in [-0.15, -0.1) is 0 Å². The lowest BCUT2D eigenvalue weighted by atomic mass is 9.97. The Morgan fingerprint density at radius 3 is 1.96 bits per heavy atom. The SMILES string of the molecule is O[C@H]1[C@@H]2OC3(CCCCCC3)O[C@@H]2CO[C@]12COC1(CCCCCC1)O2. The molecule has 2 saturated carbocycles. The molecule has 5 aliphatic rings. The summed E-state index contributed by atoms with van der Waals surface area (Å²) in [6.45, 7) is 0.663. The van der Waals surface area contributed by atoms with Crippen molar-refractivity contribution >= 4 is 0 Å². The van der Waals surface area contributed by atoms with Gasteiger partial charge in [-0.3, -0.25) is 0 Å². The maximum absolute atomic E-state index is 11.2. The molecule has 6 heteroatoms. The molecular weight excluding hydrogens is 336 g/mol. The molecule has 5 fully saturated rings. The molecule has 3 heterocycles.